The summed E-state index contributed by atoms with van der Waals surface area (Å²) in [6.45, 7) is 1.19. The van der Waals surface area contributed by atoms with Crippen molar-refractivity contribution >= 4 is 5.91 Å². The van der Waals surface area contributed by atoms with Crippen LogP contribution in [-0.4, -0.2) is 38.4 Å². The van der Waals surface area contributed by atoms with E-state index in [1.807, 2.05) is 35.6 Å². The maximum Gasteiger partial charge on any atom is 0.405 e. The van der Waals surface area contributed by atoms with E-state index in [0.717, 1.165) is 0 Å². The molecule has 27 heavy (non-hydrogen) atoms. The van der Waals surface area contributed by atoms with Crippen LogP contribution in [0.2, 0.25) is 0 Å². The number of carbonyl (C=O) groups is 1. The van der Waals surface area contributed by atoms with Crippen LogP contribution in [0.4, 0.5) is 13.2 Å². The summed E-state index contributed by atoms with van der Waals surface area (Å²) >= 11 is 0. The lowest BCUT2D eigenvalue weighted by atomic mass is 10.2. The largest absolute Gasteiger partial charge is 0.490 e. The zero-order valence-electron chi connectivity index (χ0n) is 14.7. The topological polar surface area (TPSA) is 56.8 Å². The van der Waals surface area contributed by atoms with Crippen LogP contribution in [0, 0.1) is 0 Å². The van der Waals surface area contributed by atoms with Gasteiger partial charge in [0, 0.05) is 5.56 Å². The third kappa shape index (κ3) is 7.08. The molecule has 0 unspecified atom stereocenters. The summed E-state index contributed by atoms with van der Waals surface area (Å²) in [6.07, 6.45) is -4.47. The van der Waals surface area contributed by atoms with E-state index in [4.69, 9.17) is 14.2 Å². The van der Waals surface area contributed by atoms with Crippen molar-refractivity contribution in [3.05, 3.63) is 54.1 Å². The highest BCUT2D eigenvalue weighted by Crippen LogP contribution is 2.28. The van der Waals surface area contributed by atoms with Crippen molar-refractivity contribution in [1.82, 2.24) is 5.32 Å². The highest BCUT2D eigenvalue weighted by Gasteiger charge is 2.28. The number of hydrogen-bond acceptors (Lipinski definition) is 4. The van der Waals surface area contributed by atoms with Crippen molar-refractivity contribution in [3.63, 3.8) is 0 Å². The molecule has 0 saturated heterocycles. The molecule has 0 spiro atoms. The summed E-state index contributed by atoms with van der Waals surface area (Å²) < 4.78 is 53.2. The van der Waals surface area contributed by atoms with Gasteiger partial charge < -0.3 is 19.5 Å². The van der Waals surface area contributed by atoms with Crippen LogP contribution in [0.3, 0.4) is 0 Å². The fourth-order valence-corrected chi connectivity index (χ4v) is 2.15. The van der Waals surface area contributed by atoms with Gasteiger partial charge in [0.2, 0.25) is 0 Å². The van der Waals surface area contributed by atoms with Crippen LogP contribution in [0.25, 0.3) is 0 Å². The standard InChI is InChI=1S/C19H20F3NO4/c1-2-25-17-12-14(18(24)23-13-19(20,21)22)8-9-16(17)27-11-10-26-15-6-4-3-5-7-15/h3-9,12H,2,10-11,13H2,1H3,(H,23,24). The summed E-state index contributed by atoms with van der Waals surface area (Å²) in [5, 5.41) is 1.82. The Morgan fingerprint density at radius 2 is 1.67 bits per heavy atom. The summed E-state index contributed by atoms with van der Waals surface area (Å²) in [4.78, 5) is 11.8. The number of carbonyl (C=O) groups excluding carboxylic acids is 1. The number of hydrogen-bond donors (Lipinski definition) is 1. The molecule has 0 aromatic heterocycles. The van der Waals surface area contributed by atoms with Gasteiger partial charge in [-0.2, -0.15) is 13.2 Å². The van der Waals surface area contributed by atoms with E-state index >= 15 is 0 Å². The fourth-order valence-electron chi connectivity index (χ4n) is 2.15. The number of rotatable bonds is 9. The van der Waals surface area contributed by atoms with Gasteiger partial charge in [-0.15, -0.1) is 0 Å². The third-order valence-corrected chi connectivity index (χ3v) is 3.31. The van der Waals surface area contributed by atoms with Crippen molar-refractivity contribution in [2.24, 2.45) is 0 Å². The molecule has 2 rings (SSSR count). The predicted molar refractivity (Wildman–Crippen MR) is 93.4 cm³/mol. The molecular weight excluding hydrogens is 363 g/mol. The maximum absolute atomic E-state index is 12.2. The van der Waals surface area contributed by atoms with Crippen molar-refractivity contribution < 1.29 is 32.2 Å². The molecule has 0 atom stereocenters. The summed E-state index contributed by atoms with van der Waals surface area (Å²) in [6, 6.07) is 13.4. The first-order chi connectivity index (χ1) is 12.9. The predicted octanol–water partition coefficient (Wildman–Crippen LogP) is 3.84. The molecule has 146 valence electrons. The molecule has 1 N–H and O–H groups in total. The maximum atomic E-state index is 12.2. The van der Waals surface area contributed by atoms with E-state index < -0.39 is 18.6 Å². The molecule has 0 fully saturated rings. The number of nitrogens with one attached hydrogen (secondary N) is 1. The van der Waals surface area contributed by atoms with Gasteiger partial charge in [-0.05, 0) is 37.3 Å². The average Bonchev–Trinajstić information content (AvgIpc) is 2.64. The Kier molecular flexibility index (Phi) is 7.34. The Morgan fingerprint density at radius 3 is 2.33 bits per heavy atom. The van der Waals surface area contributed by atoms with Crippen molar-refractivity contribution in [3.8, 4) is 17.2 Å². The smallest absolute Gasteiger partial charge is 0.405 e. The van der Waals surface area contributed by atoms with Crippen molar-refractivity contribution in [2.45, 2.75) is 13.1 Å². The summed E-state index contributed by atoms with van der Waals surface area (Å²) in [7, 11) is 0. The Bertz CT molecular complexity index is 735. The molecule has 5 nitrogen and oxygen atoms in total. The Balaban J connectivity index is 1.94. The zero-order chi connectivity index (χ0) is 19.7. The molecule has 0 aliphatic carbocycles. The molecule has 0 saturated carbocycles. The minimum Gasteiger partial charge on any atom is -0.490 e. The van der Waals surface area contributed by atoms with Crippen molar-refractivity contribution in [1.29, 1.82) is 0 Å². The monoisotopic (exact) mass is 383 g/mol. The van der Waals surface area contributed by atoms with Gasteiger partial charge in [0.05, 0.1) is 6.61 Å². The van der Waals surface area contributed by atoms with E-state index in [-0.39, 0.29) is 17.9 Å². The van der Waals surface area contributed by atoms with Gasteiger partial charge in [0.25, 0.3) is 5.91 Å². The van der Waals surface area contributed by atoms with Crippen LogP contribution in [-0.2, 0) is 0 Å². The molecular formula is C19H20F3NO4. The molecule has 0 aliphatic rings. The molecule has 2 aromatic carbocycles. The molecule has 1 amide bonds. The number of benzene rings is 2. The van der Waals surface area contributed by atoms with Gasteiger partial charge in [-0.3, -0.25) is 4.79 Å². The first-order valence-electron chi connectivity index (χ1n) is 8.31. The number of amides is 1. The lowest BCUT2D eigenvalue weighted by Crippen LogP contribution is -2.33. The minimum atomic E-state index is -4.47. The van der Waals surface area contributed by atoms with Crippen LogP contribution in [0.1, 0.15) is 17.3 Å². The van der Waals surface area contributed by atoms with E-state index in [1.54, 1.807) is 6.92 Å². The third-order valence-electron chi connectivity index (χ3n) is 3.31. The highest BCUT2D eigenvalue weighted by atomic mass is 19.4. The second kappa shape index (κ2) is 9.70. The number of halogens is 3. The van der Waals surface area contributed by atoms with Crippen molar-refractivity contribution in [2.75, 3.05) is 26.4 Å². The van der Waals surface area contributed by atoms with Gasteiger partial charge in [-0.25, -0.2) is 0 Å². The summed E-state index contributed by atoms with van der Waals surface area (Å²) in [5.74, 6) is 0.521. The number of ether oxygens (including phenoxy) is 3. The van der Waals surface area contributed by atoms with Crippen LogP contribution in [0.5, 0.6) is 17.2 Å². The Labute approximate surface area is 155 Å². The molecule has 0 heterocycles. The highest BCUT2D eigenvalue weighted by molar-refractivity contribution is 5.94. The fraction of sp³-hybridized carbons (Fsp3) is 0.316. The van der Waals surface area contributed by atoms with Crippen LogP contribution in [0.15, 0.2) is 48.5 Å². The van der Waals surface area contributed by atoms with Gasteiger partial charge >= 0.3 is 6.18 Å². The zero-order valence-corrected chi connectivity index (χ0v) is 14.7. The van der Waals surface area contributed by atoms with E-state index in [1.165, 1.54) is 18.2 Å². The number of alkyl halides is 3. The van der Waals surface area contributed by atoms with Crippen LogP contribution < -0.4 is 19.5 Å². The summed E-state index contributed by atoms with van der Waals surface area (Å²) in [5.41, 5.74) is 0.0515. The Morgan fingerprint density at radius 1 is 0.963 bits per heavy atom. The van der Waals surface area contributed by atoms with E-state index in [9.17, 15) is 18.0 Å². The second-order valence-corrected chi connectivity index (χ2v) is 5.40. The molecule has 0 bridgehead atoms. The van der Waals surface area contributed by atoms with Crippen LogP contribution >= 0.6 is 0 Å². The second-order valence-electron chi connectivity index (χ2n) is 5.40. The average molecular weight is 383 g/mol. The molecule has 8 heteroatoms. The lowest BCUT2D eigenvalue weighted by molar-refractivity contribution is -0.123. The first-order valence-corrected chi connectivity index (χ1v) is 8.31. The quantitative estimate of drug-likeness (QED) is 0.669. The number of para-hydroxylation sites is 1. The van der Waals surface area contributed by atoms with Gasteiger partial charge in [0.15, 0.2) is 11.5 Å². The minimum absolute atomic E-state index is 0.0515. The van der Waals surface area contributed by atoms with Gasteiger partial charge in [-0.1, -0.05) is 18.2 Å². The van der Waals surface area contributed by atoms with Gasteiger partial charge in [0.1, 0.15) is 25.5 Å². The Hall–Kier alpha value is -2.90. The molecule has 0 radical (unpaired) electrons. The molecule has 0 aliphatic heterocycles. The van der Waals surface area contributed by atoms with E-state index in [0.29, 0.717) is 24.7 Å². The lowest BCUT2D eigenvalue weighted by Gasteiger charge is -2.14. The first kappa shape index (κ1) is 20.4. The normalized spacial score (nSPS) is 11.0. The van der Waals surface area contributed by atoms with E-state index in [2.05, 4.69) is 0 Å². The molecule has 2 aromatic rings. The SMILES string of the molecule is CCOc1cc(C(=O)NCC(F)(F)F)ccc1OCCOc1ccccc1.